The second-order valence-corrected chi connectivity index (χ2v) is 6.06. The predicted molar refractivity (Wildman–Crippen MR) is 97.9 cm³/mol. The van der Waals surface area contributed by atoms with Gasteiger partial charge in [0, 0.05) is 19.3 Å². The zero-order valence-corrected chi connectivity index (χ0v) is 14.1. The number of nitrogens with zero attached hydrogens (tertiary/aromatic N) is 1. The van der Waals surface area contributed by atoms with Crippen molar-refractivity contribution in [2.24, 2.45) is 0 Å². The maximum absolute atomic E-state index is 12.4. The highest BCUT2D eigenvalue weighted by Crippen LogP contribution is 2.37. The average molecular weight is 335 g/mol. The summed E-state index contributed by atoms with van der Waals surface area (Å²) in [6.07, 6.45) is 1.92. The number of para-hydroxylation sites is 1. The SMILES string of the molecule is CN(CCC(C(=O)O)(c1ccccc1)c1ccco1)c1ccccc1. The smallest absolute Gasteiger partial charge is 0.321 e. The maximum atomic E-state index is 12.4. The third-order valence-electron chi connectivity index (χ3n) is 4.59. The van der Waals surface area contributed by atoms with Gasteiger partial charge in [0.2, 0.25) is 0 Å². The fourth-order valence-electron chi connectivity index (χ4n) is 3.14. The molecule has 3 rings (SSSR count). The molecule has 1 N–H and O–H groups in total. The summed E-state index contributed by atoms with van der Waals surface area (Å²) in [5.74, 6) is -0.456. The third kappa shape index (κ3) is 3.29. The van der Waals surface area contributed by atoms with Crippen molar-refractivity contribution in [1.29, 1.82) is 0 Å². The van der Waals surface area contributed by atoms with E-state index in [9.17, 15) is 9.90 Å². The van der Waals surface area contributed by atoms with Gasteiger partial charge in [0.25, 0.3) is 0 Å². The van der Waals surface area contributed by atoms with Gasteiger partial charge in [0.15, 0.2) is 5.41 Å². The van der Waals surface area contributed by atoms with Crippen molar-refractivity contribution < 1.29 is 14.3 Å². The van der Waals surface area contributed by atoms with Crippen LogP contribution in [0, 0.1) is 0 Å². The topological polar surface area (TPSA) is 53.7 Å². The standard InChI is InChI=1S/C21H21NO3/c1-22(18-11-6-3-7-12-18)15-14-21(20(23)24,19-13-8-16-25-19)17-9-4-2-5-10-17/h2-13,16H,14-15H2,1H3,(H,23,24). The van der Waals surface area contributed by atoms with E-state index in [1.165, 1.54) is 6.26 Å². The molecule has 1 aromatic heterocycles. The molecular weight excluding hydrogens is 314 g/mol. The molecule has 128 valence electrons. The first-order chi connectivity index (χ1) is 12.1. The van der Waals surface area contributed by atoms with Gasteiger partial charge in [0.05, 0.1) is 6.26 Å². The molecule has 0 saturated carbocycles. The molecule has 4 heteroatoms. The predicted octanol–water partition coefficient (Wildman–Crippen LogP) is 4.18. The molecule has 25 heavy (non-hydrogen) atoms. The fourth-order valence-corrected chi connectivity index (χ4v) is 3.14. The lowest BCUT2D eigenvalue weighted by atomic mass is 9.75. The van der Waals surface area contributed by atoms with E-state index in [4.69, 9.17) is 4.42 Å². The Labute approximate surface area is 147 Å². The van der Waals surface area contributed by atoms with Crippen molar-refractivity contribution in [3.05, 3.63) is 90.4 Å². The Morgan fingerprint density at radius 2 is 1.64 bits per heavy atom. The van der Waals surface area contributed by atoms with Crippen LogP contribution in [0.15, 0.2) is 83.5 Å². The van der Waals surface area contributed by atoms with Crippen LogP contribution in [0.4, 0.5) is 5.69 Å². The van der Waals surface area contributed by atoms with E-state index < -0.39 is 11.4 Å². The summed E-state index contributed by atoms with van der Waals surface area (Å²) < 4.78 is 5.55. The largest absolute Gasteiger partial charge is 0.480 e. The van der Waals surface area contributed by atoms with Crippen LogP contribution < -0.4 is 4.90 Å². The molecule has 3 aromatic rings. The van der Waals surface area contributed by atoms with Gasteiger partial charge in [0.1, 0.15) is 5.76 Å². The molecule has 0 aliphatic carbocycles. The number of rotatable bonds is 7. The number of furan rings is 1. The Hall–Kier alpha value is -3.01. The zero-order valence-electron chi connectivity index (χ0n) is 14.1. The lowest BCUT2D eigenvalue weighted by molar-refractivity contribution is -0.143. The quantitative estimate of drug-likeness (QED) is 0.704. The van der Waals surface area contributed by atoms with Gasteiger partial charge < -0.3 is 14.4 Å². The highest BCUT2D eigenvalue weighted by atomic mass is 16.4. The van der Waals surface area contributed by atoms with Crippen LogP contribution in [0.1, 0.15) is 17.7 Å². The number of hydrogen-bond acceptors (Lipinski definition) is 3. The van der Waals surface area contributed by atoms with Gasteiger partial charge in [-0.25, -0.2) is 0 Å². The number of carboxylic acids is 1. The summed E-state index contributed by atoms with van der Waals surface area (Å²) in [6.45, 7) is 0.575. The number of benzene rings is 2. The van der Waals surface area contributed by atoms with E-state index >= 15 is 0 Å². The first-order valence-electron chi connectivity index (χ1n) is 8.23. The van der Waals surface area contributed by atoms with Crippen molar-refractivity contribution in [3.63, 3.8) is 0 Å². The van der Waals surface area contributed by atoms with E-state index in [0.717, 1.165) is 11.3 Å². The van der Waals surface area contributed by atoms with Gasteiger partial charge in [-0.15, -0.1) is 0 Å². The first kappa shape index (κ1) is 16.8. The van der Waals surface area contributed by atoms with Crippen LogP contribution in [-0.4, -0.2) is 24.7 Å². The van der Waals surface area contributed by atoms with Gasteiger partial charge in [-0.3, -0.25) is 4.79 Å². The molecule has 0 aliphatic rings. The Morgan fingerprint density at radius 1 is 1.00 bits per heavy atom. The van der Waals surface area contributed by atoms with E-state index in [-0.39, 0.29) is 0 Å². The van der Waals surface area contributed by atoms with Crippen LogP contribution in [0.25, 0.3) is 0 Å². The molecule has 1 heterocycles. The molecule has 0 saturated heterocycles. The number of aliphatic carboxylic acids is 1. The minimum atomic E-state index is -1.21. The van der Waals surface area contributed by atoms with E-state index in [1.807, 2.05) is 67.7 Å². The summed E-state index contributed by atoms with van der Waals surface area (Å²) in [5, 5.41) is 10.2. The second-order valence-electron chi connectivity index (χ2n) is 6.06. The van der Waals surface area contributed by atoms with Crippen LogP contribution in [0.3, 0.4) is 0 Å². The minimum Gasteiger partial charge on any atom is -0.480 e. The van der Waals surface area contributed by atoms with Crippen molar-refractivity contribution in [2.45, 2.75) is 11.8 Å². The Kier molecular flexibility index (Phi) is 4.89. The van der Waals surface area contributed by atoms with Gasteiger partial charge in [-0.2, -0.15) is 0 Å². The zero-order chi connectivity index (χ0) is 17.7. The molecule has 0 amide bonds. The number of hydrogen-bond donors (Lipinski definition) is 1. The van der Waals surface area contributed by atoms with E-state index in [1.54, 1.807) is 12.1 Å². The summed E-state index contributed by atoms with van der Waals surface area (Å²) in [7, 11) is 1.97. The van der Waals surface area contributed by atoms with Crippen molar-refractivity contribution in [3.8, 4) is 0 Å². The normalized spacial score (nSPS) is 13.2. The fraction of sp³-hybridized carbons (Fsp3) is 0.190. The molecule has 0 spiro atoms. The van der Waals surface area contributed by atoms with E-state index in [0.29, 0.717) is 18.7 Å². The Morgan fingerprint density at radius 3 is 2.20 bits per heavy atom. The maximum Gasteiger partial charge on any atom is 0.321 e. The highest BCUT2D eigenvalue weighted by molar-refractivity contribution is 5.85. The van der Waals surface area contributed by atoms with Crippen molar-refractivity contribution in [2.75, 3.05) is 18.5 Å². The summed E-state index contributed by atoms with van der Waals surface area (Å²) >= 11 is 0. The molecule has 1 unspecified atom stereocenters. The van der Waals surface area contributed by atoms with Gasteiger partial charge >= 0.3 is 5.97 Å². The second kappa shape index (κ2) is 7.26. The molecule has 4 nitrogen and oxygen atoms in total. The van der Waals surface area contributed by atoms with E-state index in [2.05, 4.69) is 4.90 Å². The first-order valence-corrected chi connectivity index (χ1v) is 8.23. The van der Waals surface area contributed by atoms with Gasteiger partial charge in [-0.1, -0.05) is 48.5 Å². The minimum absolute atomic E-state index is 0.394. The van der Waals surface area contributed by atoms with Crippen LogP contribution in [0.2, 0.25) is 0 Å². The van der Waals surface area contributed by atoms with Crippen molar-refractivity contribution >= 4 is 11.7 Å². The lowest BCUT2D eigenvalue weighted by Gasteiger charge is -2.30. The molecule has 1 atom stereocenters. The van der Waals surface area contributed by atoms with Crippen LogP contribution >= 0.6 is 0 Å². The summed E-state index contributed by atoms with van der Waals surface area (Å²) in [4.78, 5) is 14.4. The van der Waals surface area contributed by atoms with Crippen LogP contribution in [-0.2, 0) is 10.2 Å². The monoisotopic (exact) mass is 335 g/mol. The number of carboxylic acid groups (broad SMARTS) is 1. The molecule has 0 fully saturated rings. The summed E-state index contributed by atoms with van der Waals surface area (Å²) in [6, 6.07) is 22.7. The van der Waals surface area contributed by atoms with Crippen molar-refractivity contribution in [1.82, 2.24) is 0 Å². The number of carbonyl (C=O) groups is 1. The molecular formula is C21H21NO3. The van der Waals surface area contributed by atoms with Gasteiger partial charge in [-0.05, 0) is 36.2 Å². The number of anilines is 1. The highest BCUT2D eigenvalue weighted by Gasteiger charge is 2.44. The van der Waals surface area contributed by atoms with Crippen LogP contribution in [0.5, 0.6) is 0 Å². The lowest BCUT2D eigenvalue weighted by Crippen LogP contribution is -2.40. The third-order valence-corrected chi connectivity index (χ3v) is 4.59. The molecule has 0 bridgehead atoms. The Balaban J connectivity index is 1.96. The average Bonchev–Trinajstić information content (AvgIpc) is 3.18. The molecule has 0 radical (unpaired) electrons. The summed E-state index contributed by atoms with van der Waals surface area (Å²) in [5.41, 5.74) is 0.557. The Bertz CT molecular complexity index is 800. The molecule has 0 aliphatic heterocycles. The molecule has 2 aromatic carbocycles.